The van der Waals surface area contributed by atoms with Gasteiger partial charge in [-0.25, -0.2) is 4.68 Å². The number of rotatable bonds is 7. The molecule has 0 spiro atoms. The maximum absolute atomic E-state index is 12.0. The molecule has 19 heavy (non-hydrogen) atoms. The van der Waals surface area contributed by atoms with Gasteiger partial charge in [-0.05, 0) is 18.4 Å². The zero-order chi connectivity index (χ0) is 14.3. The molecule has 0 radical (unpaired) electrons. The Balaban J connectivity index is 2.71. The first-order valence-electron chi connectivity index (χ1n) is 6.98. The van der Waals surface area contributed by atoms with E-state index in [0.717, 1.165) is 19.3 Å². The standard InChI is InChI=1S/C14H23N3O2/c1-4-9-17-13(18)8-7-12(16-17)14(19)15-10-11(5-2)6-3/h7-8,11H,4-6,9-10H2,1-3H3,(H,15,19). The maximum Gasteiger partial charge on any atom is 0.271 e. The molecule has 1 aromatic heterocycles. The van der Waals surface area contributed by atoms with Crippen molar-refractivity contribution in [2.24, 2.45) is 5.92 Å². The van der Waals surface area contributed by atoms with Gasteiger partial charge in [-0.3, -0.25) is 9.59 Å². The second-order valence-electron chi connectivity index (χ2n) is 4.67. The van der Waals surface area contributed by atoms with Crippen molar-refractivity contribution in [3.8, 4) is 0 Å². The van der Waals surface area contributed by atoms with E-state index >= 15 is 0 Å². The number of aryl methyl sites for hydroxylation is 1. The summed E-state index contributed by atoms with van der Waals surface area (Å²) in [5.41, 5.74) is 0.136. The summed E-state index contributed by atoms with van der Waals surface area (Å²) in [6, 6.07) is 2.88. The monoisotopic (exact) mass is 265 g/mol. The van der Waals surface area contributed by atoms with E-state index in [0.29, 0.717) is 24.7 Å². The van der Waals surface area contributed by atoms with Crippen LogP contribution in [0.15, 0.2) is 16.9 Å². The van der Waals surface area contributed by atoms with E-state index < -0.39 is 0 Å². The van der Waals surface area contributed by atoms with Crippen LogP contribution in [0.25, 0.3) is 0 Å². The molecule has 5 nitrogen and oxygen atoms in total. The lowest BCUT2D eigenvalue weighted by molar-refractivity contribution is 0.0938. The summed E-state index contributed by atoms with van der Waals surface area (Å²) in [6.07, 6.45) is 2.89. The van der Waals surface area contributed by atoms with Crippen LogP contribution in [0.3, 0.4) is 0 Å². The minimum absolute atomic E-state index is 0.168. The van der Waals surface area contributed by atoms with Crippen molar-refractivity contribution in [1.82, 2.24) is 15.1 Å². The molecule has 0 aromatic carbocycles. The summed E-state index contributed by atoms with van der Waals surface area (Å²) in [5.74, 6) is 0.280. The smallest absolute Gasteiger partial charge is 0.271 e. The fraction of sp³-hybridized carbons (Fsp3) is 0.643. The molecule has 0 aliphatic carbocycles. The third-order valence-electron chi connectivity index (χ3n) is 3.24. The highest BCUT2D eigenvalue weighted by atomic mass is 16.2. The SMILES string of the molecule is CCCn1nc(C(=O)NCC(CC)CC)ccc1=O. The Kier molecular flexibility index (Phi) is 6.25. The van der Waals surface area contributed by atoms with E-state index in [-0.39, 0.29) is 11.5 Å². The molecule has 0 fully saturated rings. The van der Waals surface area contributed by atoms with Gasteiger partial charge in [0, 0.05) is 19.2 Å². The highest BCUT2D eigenvalue weighted by Gasteiger charge is 2.11. The lowest BCUT2D eigenvalue weighted by atomic mass is 10.0. The Morgan fingerprint density at radius 1 is 1.32 bits per heavy atom. The van der Waals surface area contributed by atoms with Crippen molar-refractivity contribution in [3.05, 3.63) is 28.2 Å². The van der Waals surface area contributed by atoms with E-state index in [1.807, 2.05) is 6.92 Å². The van der Waals surface area contributed by atoms with Crippen LogP contribution in [-0.4, -0.2) is 22.2 Å². The Bertz CT molecular complexity index is 464. The predicted octanol–water partition coefficient (Wildman–Crippen LogP) is 1.82. The van der Waals surface area contributed by atoms with Gasteiger partial charge in [0.25, 0.3) is 11.5 Å². The molecule has 106 valence electrons. The molecule has 1 N–H and O–H groups in total. The van der Waals surface area contributed by atoms with Gasteiger partial charge in [-0.2, -0.15) is 5.10 Å². The van der Waals surface area contributed by atoms with Gasteiger partial charge >= 0.3 is 0 Å². The van der Waals surface area contributed by atoms with Crippen molar-refractivity contribution in [2.75, 3.05) is 6.54 Å². The third-order valence-corrected chi connectivity index (χ3v) is 3.24. The number of nitrogens with one attached hydrogen (secondary N) is 1. The summed E-state index contributed by atoms with van der Waals surface area (Å²) in [4.78, 5) is 23.5. The summed E-state index contributed by atoms with van der Waals surface area (Å²) in [5, 5.41) is 6.96. The van der Waals surface area contributed by atoms with Crippen LogP contribution in [0.1, 0.15) is 50.5 Å². The maximum atomic E-state index is 12.0. The normalized spacial score (nSPS) is 10.7. The number of carbonyl (C=O) groups excluding carboxylic acids is 1. The molecular weight excluding hydrogens is 242 g/mol. The highest BCUT2D eigenvalue weighted by Crippen LogP contribution is 2.05. The van der Waals surface area contributed by atoms with Crippen molar-refractivity contribution < 1.29 is 4.79 Å². The van der Waals surface area contributed by atoms with Crippen LogP contribution in [0.4, 0.5) is 0 Å². The van der Waals surface area contributed by atoms with E-state index in [4.69, 9.17) is 0 Å². The molecule has 0 bridgehead atoms. The first-order chi connectivity index (χ1) is 9.12. The summed E-state index contributed by atoms with van der Waals surface area (Å²) in [6.45, 7) is 7.38. The van der Waals surface area contributed by atoms with Crippen LogP contribution in [0.5, 0.6) is 0 Å². The van der Waals surface area contributed by atoms with Crippen molar-refractivity contribution in [2.45, 2.75) is 46.6 Å². The van der Waals surface area contributed by atoms with Crippen molar-refractivity contribution in [3.63, 3.8) is 0 Å². The first-order valence-corrected chi connectivity index (χ1v) is 6.98. The molecule has 0 atom stereocenters. The minimum atomic E-state index is -0.211. The average molecular weight is 265 g/mol. The molecule has 1 amide bonds. The van der Waals surface area contributed by atoms with E-state index in [1.54, 1.807) is 0 Å². The van der Waals surface area contributed by atoms with E-state index in [1.165, 1.54) is 16.8 Å². The fourth-order valence-electron chi connectivity index (χ4n) is 1.85. The van der Waals surface area contributed by atoms with Gasteiger partial charge in [-0.15, -0.1) is 0 Å². The Morgan fingerprint density at radius 3 is 2.58 bits per heavy atom. The molecule has 0 saturated heterocycles. The minimum Gasteiger partial charge on any atom is -0.350 e. The van der Waals surface area contributed by atoms with Gasteiger partial charge in [-0.1, -0.05) is 33.6 Å². The van der Waals surface area contributed by atoms with Crippen molar-refractivity contribution in [1.29, 1.82) is 0 Å². The molecule has 0 unspecified atom stereocenters. The van der Waals surface area contributed by atoms with Crippen LogP contribution in [0, 0.1) is 5.92 Å². The molecule has 0 aliphatic rings. The average Bonchev–Trinajstić information content (AvgIpc) is 2.42. The van der Waals surface area contributed by atoms with Crippen LogP contribution in [-0.2, 0) is 6.54 Å². The number of carbonyl (C=O) groups is 1. The number of hydrogen-bond acceptors (Lipinski definition) is 3. The largest absolute Gasteiger partial charge is 0.350 e. The molecular formula is C14H23N3O2. The first kappa shape index (κ1) is 15.4. The highest BCUT2D eigenvalue weighted by molar-refractivity contribution is 5.91. The molecule has 0 saturated carbocycles. The quantitative estimate of drug-likeness (QED) is 0.818. The topological polar surface area (TPSA) is 64.0 Å². The Labute approximate surface area is 114 Å². The zero-order valence-corrected chi connectivity index (χ0v) is 12.0. The number of aromatic nitrogens is 2. The second kappa shape index (κ2) is 7.71. The van der Waals surface area contributed by atoms with Crippen molar-refractivity contribution >= 4 is 5.91 Å². The van der Waals surface area contributed by atoms with E-state index in [2.05, 4.69) is 24.3 Å². The van der Waals surface area contributed by atoms with Gasteiger partial charge in [0.2, 0.25) is 0 Å². The third kappa shape index (κ3) is 4.50. The zero-order valence-electron chi connectivity index (χ0n) is 12.0. The van der Waals surface area contributed by atoms with Gasteiger partial charge < -0.3 is 5.32 Å². The Hall–Kier alpha value is -1.65. The van der Waals surface area contributed by atoms with Crippen LogP contribution >= 0.6 is 0 Å². The lowest BCUT2D eigenvalue weighted by Gasteiger charge is -2.13. The van der Waals surface area contributed by atoms with Gasteiger partial charge in [0.15, 0.2) is 0 Å². The molecule has 1 rings (SSSR count). The fourth-order valence-corrected chi connectivity index (χ4v) is 1.85. The van der Waals surface area contributed by atoms with E-state index in [9.17, 15) is 9.59 Å². The predicted molar refractivity (Wildman–Crippen MR) is 75.2 cm³/mol. The number of nitrogens with zero attached hydrogens (tertiary/aromatic N) is 2. The molecule has 1 heterocycles. The second-order valence-corrected chi connectivity index (χ2v) is 4.67. The van der Waals surface area contributed by atoms with Gasteiger partial charge in [0.1, 0.15) is 5.69 Å². The van der Waals surface area contributed by atoms with Gasteiger partial charge in [0.05, 0.1) is 0 Å². The van der Waals surface area contributed by atoms with Crippen LogP contribution in [0.2, 0.25) is 0 Å². The summed E-state index contributed by atoms with van der Waals surface area (Å²) in [7, 11) is 0. The van der Waals surface area contributed by atoms with Crippen LogP contribution < -0.4 is 10.9 Å². The summed E-state index contributed by atoms with van der Waals surface area (Å²) >= 11 is 0. The number of amides is 1. The molecule has 0 aliphatic heterocycles. The number of hydrogen-bond donors (Lipinski definition) is 1. The lowest BCUT2D eigenvalue weighted by Crippen LogP contribution is -2.32. The molecule has 1 aromatic rings. The summed E-state index contributed by atoms with van der Waals surface area (Å²) < 4.78 is 1.34. The Morgan fingerprint density at radius 2 is 2.00 bits per heavy atom. The molecule has 5 heteroatoms.